The van der Waals surface area contributed by atoms with E-state index in [2.05, 4.69) is 37.6 Å². The number of aliphatic imine (C=N–C) groups is 1. The van der Waals surface area contributed by atoms with Gasteiger partial charge in [-0.15, -0.1) is 10.2 Å². The van der Waals surface area contributed by atoms with Crippen molar-refractivity contribution in [2.75, 3.05) is 26.2 Å². The number of hydrogen-bond donors (Lipinski definition) is 3. The predicted octanol–water partition coefficient (Wildman–Crippen LogP) is 2.51. The van der Waals surface area contributed by atoms with E-state index in [0.717, 1.165) is 60.1 Å². The standard InChI is InChI=1S/C23H33FN8/c1-4-32-11-5-6-19(32)14-27-23(28-15-22-30-29-16(2)31(22)3)25-10-9-17-13-26-21-12-18(24)7-8-20(17)21/h7-8,12-13,19,26H,4-6,9-11,14-15H2,1-3H3,(H2,25,27,28). The monoisotopic (exact) mass is 440 g/mol. The van der Waals surface area contributed by atoms with Gasteiger partial charge in [0, 0.05) is 43.3 Å². The van der Waals surface area contributed by atoms with Crippen LogP contribution in [-0.4, -0.2) is 62.8 Å². The summed E-state index contributed by atoms with van der Waals surface area (Å²) in [5.74, 6) is 2.26. The molecule has 32 heavy (non-hydrogen) atoms. The molecule has 1 aromatic carbocycles. The molecule has 0 radical (unpaired) electrons. The van der Waals surface area contributed by atoms with E-state index in [4.69, 9.17) is 4.99 Å². The molecule has 1 fully saturated rings. The third kappa shape index (κ3) is 5.09. The molecule has 1 atom stereocenters. The average molecular weight is 441 g/mol. The molecule has 4 rings (SSSR count). The van der Waals surface area contributed by atoms with Crippen molar-refractivity contribution in [3.05, 3.63) is 47.4 Å². The number of benzene rings is 1. The molecule has 2 aromatic heterocycles. The van der Waals surface area contributed by atoms with Gasteiger partial charge in [0.1, 0.15) is 18.2 Å². The van der Waals surface area contributed by atoms with Crippen molar-refractivity contribution in [2.45, 2.75) is 45.7 Å². The number of nitrogens with zero attached hydrogens (tertiary/aromatic N) is 5. The molecule has 3 heterocycles. The molecule has 1 saturated heterocycles. The van der Waals surface area contributed by atoms with Gasteiger partial charge < -0.3 is 20.2 Å². The minimum absolute atomic E-state index is 0.227. The Morgan fingerprint density at radius 2 is 2.19 bits per heavy atom. The summed E-state index contributed by atoms with van der Waals surface area (Å²) in [5, 5.41) is 16.4. The lowest BCUT2D eigenvalue weighted by molar-refractivity contribution is 0.267. The molecule has 0 amide bonds. The Morgan fingerprint density at radius 3 is 2.97 bits per heavy atom. The van der Waals surface area contributed by atoms with Crippen LogP contribution in [0.15, 0.2) is 29.4 Å². The fourth-order valence-corrected chi connectivity index (χ4v) is 4.35. The quantitative estimate of drug-likeness (QED) is 0.370. The number of guanidine groups is 1. The molecule has 1 aliphatic heterocycles. The second-order valence-electron chi connectivity index (χ2n) is 8.37. The zero-order chi connectivity index (χ0) is 22.5. The number of aromatic amines is 1. The van der Waals surface area contributed by atoms with Gasteiger partial charge in [0.05, 0.1) is 0 Å². The van der Waals surface area contributed by atoms with Crippen LogP contribution >= 0.6 is 0 Å². The maximum absolute atomic E-state index is 13.5. The summed E-state index contributed by atoms with van der Waals surface area (Å²) in [5.41, 5.74) is 1.98. The van der Waals surface area contributed by atoms with Gasteiger partial charge in [0.25, 0.3) is 0 Å². The van der Waals surface area contributed by atoms with Crippen molar-refractivity contribution >= 4 is 16.9 Å². The highest BCUT2D eigenvalue weighted by atomic mass is 19.1. The van der Waals surface area contributed by atoms with E-state index in [9.17, 15) is 4.39 Å². The highest BCUT2D eigenvalue weighted by Gasteiger charge is 2.22. The van der Waals surface area contributed by atoms with Gasteiger partial charge in [-0.25, -0.2) is 9.38 Å². The Kier molecular flexibility index (Phi) is 7.04. The van der Waals surface area contributed by atoms with Crippen LogP contribution in [0.25, 0.3) is 10.9 Å². The van der Waals surface area contributed by atoms with Crippen LogP contribution in [0.3, 0.4) is 0 Å². The van der Waals surface area contributed by atoms with Gasteiger partial charge in [0.2, 0.25) is 0 Å². The Labute approximate surface area is 188 Å². The van der Waals surface area contributed by atoms with Crippen LogP contribution < -0.4 is 10.6 Å². The topological polar surface area (TPSA) is 86.2 Å². The van der Waals surface area contributed by atoms with Crippen molar-refractivity contribution in [3.63, 3.8) is 0 Å². The third-order valence-electron chi connectivity index (χ3n) is 6.39. The number of fused-ring (bicyclic) bond motifs is 1. The summed E-state index contributed by atoms with van der Waals surface area (Å²) in [7, 11) is 1.96. The summed E-state index contributed by atoms with van der Waals surface area (Å²) >= 11 is 0. The Morgan fingerprint density at radius 1 is 1.31 bits per heavy atom. The zero-order valence-electron chi connectivity index (χ0n) is 19.2. The highest BCUT2D eigenvalue weighted by Crippen LogP contribution is 2.19. The first-order valence-electron chi connectivity index (χ1n) is 11.4. The molecule has 3 N–H and O–H groups in total. The summed E-state index contributed by atoms with van der Waals surface area (Å²) in [6.45, 7) is 8.44. The van der Waals surface area contributed by atoms with Gasteiger partial charge >= 0.3 is 0 Å². The van der Waals surface area contributed by atoms with Crippen LogP contribution in [0, 0.1) is 12.7 Å². The van der Waals surface area contributed by atoms with Crippen molar-refractivity contribution in [1.82, 2.24) is 35.3 Å². The minimum atomic E-state index is -0.227. The number of rotatable bonds is 8. The average Bonchev–Trinajstić information content (AvgIpc) is 3.49. The van der Waals surface area contributed by atoms with Crippen LogP contribution in [0.1, 0.15) is 37.0 Å². The van der Waals surface area contributed by atoms with Crippen LogP contribution in [-0.2, 0) is 20.0 Å². The molecule has 0 aliphatic carbocycles. The Bertz CT molecular complexity index is 1070. The molecule has 9 heteroatoms. The van der Waals surface area contributed by atoms with Crippen LogP contribution in [0.5, 0.6) is 0 Å². The lowest BCUT2D eigenvalue weighted by Crippen LogP contribution is -2.45. The Hall–Kier alpha value is -2.94. The first-order chi connectivity index (χ1) is 15.5. The summed E-state index contributed by atoms with van der Waals surface area (Å²) in [4.78, 5) is 10.4. The number of likely N-dealkylation sites (N-methyl/N-ethyl adjacent to an activating group) is 1. The second-order valence-corrected chi connectivity index (χ2v) is 8.37. The van der Waals surface area contributed by atoms with E-state index in [1.165, 1.54) is 31.5 Å². The SMILES string of the molecule is CCN1CCCC1CNC(=NCc1nnc(C)n1C)NCCc1c[nH]c2cc(F)ccc12. The largest absolute Gasteiger partial charge is 0.361 e. The fourth-order valence-electron chi connectivity index (χ4n) is 4.35. The van der Waals surface area contributed by atoms with Gasteiger partial charge in [0.15, 0.2) is 11.8 Å². The van der Waals surface area contributed by atoms with Crippen molar-refractivity contribution in [2.24, 2.45) is 12.0 Å². The van der Waals surface area contributed by atoms with Crippen molar-refractivity contribution in [1.29, 1.82) is 0 Å². The number of aromatic nitrogens is 4. The molecule has 0 spiro atoms. The van der Waals surface area contributed by atoms with E-state index in [1.54, 1.807) is 0 Å². The second kappa shape index (κ2) is 10.1. The number of H-pyrrole nitrogens is 1. The predicted molar refractivity (Wildman–Crippen MR) is 125 cm³/mol. The molecule has 1 unspecified atom stereocenters. The molecule has 0 bridgehead atoms. The highest BCUT2D eigenvalue weighted by molar-refractivity contribution is 5.83. The first kappa shape index (κ1) is 22.3. The number of aryl methyl sites for hydroxylation is 1. The molecule has 0 saturated carbocycles. The van der Waals surface area contributed by atoms with E-state index in [0.29, 0.717) is 12.6 Å². The smallest absolute Gasteiger partial charge is 0.191 e. The van der Waals surface area contributed by atoms with Gasteiger partial charge in [-0.1, -0.05) is 6.92 Å². The maximum Gasteiger partial charge on any atom is 0.191 e. The van der Waals surface area contributed by atoms with E-state index in [1.807, 2.05) is 30.8 Å². The maximum atomic E-state index is 13.5. The van der Waals surface area contributed by atoms with Gasteiger partial charge in [-0.2, -0.15) is 0 Å². The molecular formula is C23H33FN8. The first-order valence-corrected chi connectivity index (χ1v) is 11.4. The third-order valence-corrected chi connectivity index (χ3v) is 6.39. The van der Waals surface area contributed by atoms with Gasteiger partial charge in [-0.3, -0.25) is 4.90 Å². The van der Waals surface area contributed by atoms with E-state index >= 15 is 0 Å². The van der Waals surface area contributed by atoms with Gasteiger partial charge in [-0.05, 0) is 63.0 Å². The van der Waals surface area contributed by atoms with Crippen LogP contribution in [0.4, 0.5) is 4.39 Å². The number of likely N-dealkylation sites (tertiary alicyclic amines) is 1. The lowest BCUT2D eigenvalue weighted by atomic mass is 10.1. The van der Waals surface area contributed by atoms with Crippen molar-refractivity contribution < 1.29 is 4.39 Å². The number of nitrogens with one attached hydrogen (secondary N) is 3. The summed E-state index contributed by atoms with van der Waals surface area (Å²) < 4.78 is 15.4. The minimum Gasteiger partial charge on any atom is -0.361 e. The fraction of sp³-hybridized carbons (Fsp3) is 0.522. The normalized spacial score (nSPS) is 17.4. The molecule has 172 valence electrons. The van der Waals surface area contributed by atoms with E-state index < -0.39 is 0 Å². The summed E-state index contributed by atoms with van der Waals surface area (Å²) in [6.07, 6.45) is 5.22. The zero-order valence-corrected chi connectivity index (χ0v) is 19.2. The molecule has 3 aromatic rings. The van der Waals surface area contributed by atoms with Crippen molar-refractivity contribution in [3.8, 4) is 0 Å². The molecular weight excluding hydrogens is 407 g/mol. The molecule has 8 nitrogen and oxygen atoms in total. The summed E-state index contributed by atoms with van der Waals surface area (Å²) in [6, 6.07) is 5.41. The van der Waals surface area contributed by atoms with Crippen LogP contribution in [0.2, 0.25) is 0 Å². The Balaban J connectivity index is 1.40. The number of hydrogen-bond acceptors (Lipinski definition) is 4. The molecule has 1 aliphatic rings. The van der Waals surface area contributed by atoms with E-state index in [-0.39, 0.29) is 5.82 Å². The number of halogens is 1. The lowest BCUT2D eigenvalue weighted by Gasteiger charge is -2.24.